The van der Waals surface area contributed by atoms with Crippen molar-refractivity contribution in [1.29, 1.82) is 0 Å². The predicted octanol–water partition coefficient (Wildman–Crippen LogP) is 1.47. The summed E-state index contributed by atoms with van der Waals surface area (Å²) in [6, 6.07) is 9.94. The maximum absolute atomic E-state index is 13.3. The van der Waals surface area contributed by atoms with Crippen molar-refractivity contribution in [1.82, 2.24) is 5.32 Å². The number of carbonyl (C=O) groups excluding carboxylic acids is 3. The van der Waals surface area contributed by atoms with Gasteiger partial charge in [-0.15, -0.1) is 0 Å². The molecule has 2 aliphatic heterocycles. The highest BCUT2D eigenvalue weighted by Gasteiger charge is 2.61. The molecule has 0 spiro atoms. The maximum Gasteiger partial charge on any atom is 0.338 e. The minimum atomic E-state index is -1.28. The second kappa shape index (κ2) is 7.84. The molecule has 4 rings (SSSR count). The first-order valence-corrected chi connectivity index (χ1v) is 9.77. The summed E-state index contributed by atoms with van der Waals surface area (Å²) >= 11 is 0. The Labute approximate surface area is 177 Å². The number of benzene rings is 2. The van der Waals surface area contributed by atoms with Crippen LogP contribution in [0.15, 0.2) is 48.5 Å². The van der Waals surface area contributed by atoms with E-state index in [1.807, 2.05) is 0 Å². The largest absolute Gasteiger partial charge is 0.508 e. The number of imide groups is 1. The Morgan fingerprint density at radius 1 is 1.03 bits per heavy atom. The van der Waals surface area contributed by atoms with E-state index in [1.165, 1.54) is 30.3 Å². The fourth-order valence-corrected chi connectivity index (χ4v) is 4.29. The number of phenols is 1. The highest BCUT2D eigenvalue weighted by atomic mass is 16.5. The number of carboxylic acid groups (broad SMARTS) is 1. The zero-order chi connectivity index (χ0) is 22.3. The minimum Gasteiger partial charge on any atom is -0.508 e. The quantitative estimate of drug-likeness (QED) is 0.485. The van der Waals surface area contributed by atoms with E-state index >= 15 is 0 Å². The fourth-order valence-electron chi connectivity index (χ4n) is 4.29. The lowest BCUT2D eigenvalue weighted by Crippen LogP contribution is -2.43. The van der Waals surface area contributed by atoms with Gasteiger partial charge in [0.2, 0.25) is 11.8 Å². The average molecular weight is 424 g/mol. The Kier molecular flexibility index (Phi) is 5.20. The number of hydrogen-bond donors (Lipinski definition) is 3. The van der Waals surface area contributed by atoms with Gasteiger partial charge < -0.3 is 14.9 Å². The SMILES string of the molecule is CCOC(=O)c1ccc(N2C(=O)[C@@H]3[C@@H](C2=O)[C@@H](c2ccccc2O)N[C@@H]3C(=O)O)cc1. The molecule has 0 bridgehead atoms. The predicted molar refractivity (Wildman–Crippen MR) is 107 cm³/mol. The fraction of sp³-hybridized carbons (Fsp3) is 0.273. The van der Waals surface area contributed by atoms with Crippen LogP contribution in [0.2, 0.25) is 0 Å². The third kappa shape index (κ3) is 3.32. The number of aliphatic carboxylic acids is 1. The highest BCUT2D eigenvalue weighted by molar-refractivity contribution is 6.23. The molecule has 2 fully saturated rings. The summed E-state index contributed by atoms with van der Waals surface area (Å²) in [6.07, 6.45) is 0. The van der Waals surface area contributed by atoms with Crippen LogP contribution in [0, 0.1) is 11.8 Å². The first kappa shape index (κ1) is 20.5. The van der Waals surface area contributed by atoms with Crippen LogP contribution in [-0.2, 0) is 19.1 Å². The molecule has 2 aromatic carbocycles. The van der Waals surface area contributed by atoms with Crippen molar-refractivity contribution < 1.29 is 34.1 Å². The van der Waals surface area contributed by atoms with Crippen molar-refractivity contribution in [2.24, 2.45) is 11.8 Å². The van der Waals surface area contributed by atoms with E-state index in [1.54, 1.807) is 25.1 Å². The van der Waals surface area contributed by atoms with Gasteiger partial charge in [-0.25, -0.2) is 9.69 Å². The first-order chi connectivity index (χ1) is 14.8. The number of aromatic hydroxyl groups is 1. The van der Waals surface area contributed by atoms with Crippen LogP contribution in [0.4, 0.5) is 5.69 Å². The van der Waals surface area contributed by atoms with Crippen LogP contribution in [0.5, 0.6) is 5.75 Å². The number of esters is 1. The molecule has 2 amide bonds. The summed E-state index contributed by atoms with van der Waals surface area (Å²) in [6.45, 7) is 1.89. The van der Waals surface area contributed by atoms with Gasteiger partial charge in [0.15, 0.2) is 0 Å². The number of hydrogen-bond acceptors (Lipinski definition) is 7. The number of fused-ring (bicyclic) bond motifs is 1. The molecule has 0 saturated carbocycles. The second-order valence-corrected chi connectivity index (χ2v) is 7.35. The van der Waals surface area contributed by atoms with Crippen molar-refractivity contribution in [3.8, 4) is 5.75 Å². The number of amides is 2. The third-order valence-corrected chi connectivity index (χ3v) is 5.65. The summed E-state index contributed by atoms with van der Waals surface area (Å²) in [4.78, 5) is 51.0. The molecular weight excluding hydrogens is 404 g/mol. The molecule has 0 unspecified atom stereocenters. The molecule has 2 aliphatic rings. The molecule has 2 aromatic rings. The number of carbonyl (C=O) groups is 4. The van der Waals surface area contributed by atoms with Gasteiger partial charge in [0.1, 0.15) is 11.8 Å². The van der Waals surface area contributed by atoms with Crippen LogP contribution in [0.1, 0.15) is 28.9 Å². The van der Waals surface area contributed by atoms with Gasteiger partial charge in [0, 0.05) is 11.6 Å². The normalized spacial score (nSPS) is 24.9. The van der Waals surface area contributed by atoms with Gasteiger partial charge in [0.25, 0.3) is 0 Å². The summed E-state index contributed by atoms with van der Waals surface area (Å²) in [5.41, 5.74) is 0.849. The van der Waals surface area contributed by atoms with Gasteiger partial charge in [-0.3, -0.25) is 19.7 Å². The number of para-hydroxylation sites is 1. The summed E-state index contributed by atoms with van der Waals surface area (Å²) in [7, 11) is 0. The average Bonchev–Trinajstić information content (AvgIpc) is 3.26. The van der Waals surface area contributed by atoms with E-state index in [-0.39, 0.29) is 23.6 Å². The van der Waals surface area contributed by atoms with Crippen LogP contribution in [0.25, 0.3) is 0 Å². The number of anilines is 1. The van der Waals surface area contributed by atoms with E-state index in [2.05, 4.69) is 5.32 Å². The topological polar surface area (TPSA) is 133 Å². The monoisotopic (exact) mass is 424 g/mol. The van der Waals surface area contributed by atoms with Crippen molar-refractivity contribution in [3.05, 3.63) is 59.7 Å². The number of rotatable bonds is 5. The van der Waals surface area contributed by atoms with Crippen LogP contribution < -0.4 is 10.2 Å². The van der Waals surface area contributed by atoms with Gasteiger partial charge in [-0.1, -0.05) is 18.2 Å². The number of phenolic OH excluding ortho intramolecular Hbond substituents is 1. The highest BCUT2D eigenvalue weighted by Crippen LogP contribution is 2.46. The molecule has 9 heteroatoms. The standard InChI is InChI=1S/C22H20N2O7/c1-2-31-22(30)11-7-9-12(10-8-11)24-19(26)15-16(20(24)27)18(21(28)29)23-17(15)13-5-3-4-6-14(13)25/h3-10,15-18,23,25H,2H2,1H3,(H,28,29)/t15-,16-,17-,18+/m1/s1. The molecule has 2 saturated heterocycles. The van der Waals surface area contributed by atoms with Crippen molar-refractivity contribution in [2.75, 3.05) is 11.5 Å². The number of nitrogens with one attached hydrogen (secondary N) is 1. The molecule has 0 aliphatic carbocycles. The lowest BCUT2D eigenvalue weighted by atomic mass is 9.86. The Morgan fingerprint density at radius 2 is 1.68 bits per heavy atom. The Bertz CT molecular complexity index is 1070. The minimum absolute atomic E-state index is 0.0951. The van der Waals surface area contributed by atoms with Gasteiger partial charge in [-0.05, 0) is 37.3 Å². The maximum atomic E-state index is 13.3. The smallest absolute Gasteiger partial charge is 0.338 e. The Hall–Kier alpha value is -3.72. The molecule has 31 heavy (non-hydrogen) atoms. The summed E-state index contributed by atoms with van der Waals surface area (Å²) in [5, 5.41) is 22.7. The zero-order valence-electron chi connectivity index (χ0n) is 16.5. The van der Waals surface area contributed by atoms with Gasteiger partial charge >= 0.3 is 11.9 Å². The van der Waals surface area contributed by atoms with Crippen molar-refractivity contribution in [2.45, 2.75) is 19.0 Å². The second-order valence-electron chi connectivity index (χ2n) is 7.35. The molecule has 160 valence electrons. The van der Waals surface area contributed by atoms with E-state index in [0.29, 0.717) is 5.56 Å². The molecule has 4 atom stereocenters. The van der Waals surface area contributed by atoms with Crippen molar-refractivity contribution >= 4 is 29.4 Å². The Morgan fingerprint density at radius 3 is 2.29 bits per heavy atom. The Balaban J connectivity index is 1.70. The number of carboxylic acids is 1. The van der Waals surface area contributed by atoms with Gasteiger partial charge in [-0.2, -0.15) is 0 Å². The number of nitrogens with zero attached hydrogens (tertiary/aromatic N) is 1. The zero-order valence-corrected chi connectivity index (χ0v) is 16.5. The van der Waals surface area contributed by atoms with Crippen LogP contribution in [0.3, 0.4) is 0 Å². The summed E-state index contributed by atoms with van der Waals surface area (Å²) < 4.78 is 4.93. The van der Waals surface area contributed by atoms with Crippen LogP contribution >= 0.6 is 0 Å². The van der Waals surface area contributed by atoms with E-state index in [0.717, 1.165) is 4.90 Å². The summed E-state index contributed by atoms with van der Waals surface area (Å²) in [5.74, 6) is -5.21. The third-order valence-electron chi connectivity index (χ3n) is 5.65. The van der Waals surface area contributed by atoms with Crippen molar-refractivity contribution in [3.63, 3.8) is 0 Å². The number of ether oxygens (including phenoxy) is 1. The first-order valence-electron chi connectivity index (χ1n) is 9.77. The van der Waals surface area contributed by atoms with E-state index in [9.17, 15) is 29.4 Å². The molecule has 0 radical (unpaired) electrons. The lowest BCUT2D eigenvalue weighted by Gasteiger charge is -2.22. The van der Waals surface area contributed by atoms with Crippen LogP contribution in [-0.4, -0.2) is 46.6 Å². The molecule has 0 aromatic heterocycles. The van der Waals surface area contributed by atoms with Gasteiger partial charge in [0.05, 0.1) is 29.7 Å². The lowest BCUT2D eigenvalue weighted by molar-refractivity contribution is -0.142. The molecule has 3 N–H and O–H groups in total. The van der Waals surface area contributed by atoms with E-state index in [4.69, 9.17) is 4.74 Å². The molecular formula is C22H20N2O7. The van der Waals surface area contributed by atoms with E-state index < -0.39 is 47.7 Å². The molecule has 9 nitrogen and oxygen atoms in total. The molecule has 2 heterocycles.